The van der Waals surface area contributed by atoms with E-state index in [0.717, 1.165) is 0 Å². The Morgan fingerprint density at radius 2 is 2.11 bits per heavy atom. The normalized spacial score (nSPS) is 10.8. The first-order valence-electron chi connectivity index (χ1n) is 2.12. The molecule has 0 aromatic rings. The van der Waals surface area contributed by atoms with Gasteiger partial charge in [-0.25, -0.2) is 13.6 Å². The van der Waals surface area contributed by atoms with Crippen LogP contribution in [-0.4, -0.2) is 27.2 Å². The van der Waals surface area contributed by atoms with E-state index in [1.54, 1.807) is 0 Å². The van der Waals surface area contributed by atoms with Gasteiger partial charge in [0.1, 0.15) is 6.61 Å². The van der Waals surface area contributed by atoms with E-state index in [2.05, 4.69) is 9.88 Å². The first kappa shape index (κ1) is 8.38. The number of primary sulfonamides is 1. The summed E-state index contributed by atoms with van der Waals surface area (Å²) in [6.45, 7) is -0.00644. The van der Waals surface area contributed by atoms with E-state index >= 15 is 0 Å². The second-order valence-corrected chi connectivity index (χ2v) is 3.07. The van der Waals surface area contributed by atoms with Gasteiger partial charge in [0.2, 0.25) is 10.0 Å². The van der Waals surface area contributed by atoms with Crippen LogP contribution in [0.15, 0.2) is 0 Å². The number of hydrogen-bond donors (Lipinski definition) is 1. The van der Waals surface area contributed by atoms with Crippen molar-refractivity contribution >= 4 is 16.5 Å². The van der Waals surface area contributed by atoms with Crippen LogP contribution in [-0.2, 0) is 19.6 Å². The van der Waals surface area contributed by atoms with Crippen molar-refractivity contribution < 1.29 is 17.9 Å². The van der Waals surface area contributed by atoms with Gasteiger partial charge in [0.15, 0.2) is 0 Å². The quantitative estimate of drug-likeness (QED) is 0.391. The Hall–Kier alpha value is -0.620. The Bertz CT molecular complexity index is 172. The Kier molecular flexibility index (Phi) is 3.18. The van der Waals surface area contributed by atoms with E-state index in [1.807, 2.05) is 0 Å². The number of sulfonamides is 1. The van der Waals surface area contributed by atoms with E-state index in [1.165, 1.54) is 0 Å². The molecular formula is C3H7NO4S. The first-order valence-corrected chi connectivity index (χ1v) is 3.83. The van der Waals surface area contributed by atoms with Crippen molar-refractivity contribution in [3.05, 3.63) is 0 Å². The predicted octanol–water partition coefficient (Wildman–Crippen LogP) is -1.55. The molecule has 0 aromatic carbocycles. The molecule has 6 heteroatoms. The molecule has 0 saturated heterocycles. The number of rotatable bonds is 4. The summed E-state index contributed by atoms with van der Waals surface area (Å²) in [7, 11) is -3.48. The van der Waals surface area contributed by atoms with Crippen molar-refractivity contribution in [1.82, 2.24) is 0 Å². The molecule has 9 heavy (non-hydrogen) atoms. The van der Waals surface area contributed by atoms with Crippen LogP contribution >= 0.6 is 0 Å². The Morgan fingerprint density at radius 1 is 1.56 bits per heavy atom. The molecule has 0 saturated carbocycles. The topological polar surface area (TPSA) is 86.5 Å². The van der Waals surface area contributed by atoms with Crippen molar-refractivity contribution in [1.29, 1.82) is 0 Å². The highest BCUT2D eigenvalue weighted by molar-refractivity contribution is 7.89. The Morgan fingerprint density at radius 3 is 2.44 bits per heavy atom. The summed E-state index contributed by atoms with van der Waals surface area (Å²) in [5.41, 5.74) is 0. The summed E-state index contributed by atoms with van der Waals surface area (Å²) >= 11 is 0. The molecule has 2 N–H and O–H groups in total. The third-order valence-electron chi connectivity index (χ3n) is 0.554. The van der Waals surface area contributed by atoms with E-state index in [-0.39, 0.29) is 18.8 Å². The standard InChI is InChI=1S/C3H7NO4S/c4-9(6,7)2-1-8-3-5/h3H,1-2H2,(H2,4,6,7). The number of ether oxygens (including phenoxy) is 1. The monoisotopic (exact) mass is 153 g/mol. The van der Waals surface area contributed by atoms with Crippen molar-refractivity contribution in [2.45, 2.75) is 0 Å². The van der Waals surface area contributed by atoms with Gasteiger partial charge in [-0.1, -0.05) is 0 Å². The molecule has 0 rings (SSSR count). The highest BCUT2D eigenvalue weighted by Gasteiger charge is 2.00. The van der Waals surface area contributed by atoms with Crippen molar-refractivity contribution in [2.75, 3.05) is 12.4 Å². The molecule has 5 nitrogen and oxygen atoms in total. The molecule has 0 heterocycles. The minimum absolute atomic E-state index is 0.172. The van der Waals surface area contributed by atoms with Gasteiger partial charge in [-0.05, 0) is 0 Å². The fourth-order valence-electron chi connectivity index (χ4n) is 0.212. The molecule has 0 aliphatic carbocycles. The number of carbonyl (C=O) groups excluding carboxylic acids is 1. The highest BCUT2D eigenvalue weighted by Crippen LogP contribution is 1.76. The molecule has 0 aromatic heterocycles. The van der Waals surface area contributed by atoms with Crippen molar-refractivity contribution in [3.63, 3.8) is 0 Å². The van der Waals surface area contributed by atoms with Gasteiger partial charge >= 0.3 is 0 Å². The number of hydrogen-bond acceptors (Lipinski definition) is 4. The zero-order valence-corrected chi connectivity index (χ0v) is 5.43. The molecule has 54 valence electrons. The summed E-state index contributed by atoms with van der Waals surface area (Å²) in [5, 5.41) is 4.55. The molecular weight excluding hydrogens is 146 g/mol. The molecule has 0 aliphatic rings. The maximum atomic E-state index is 10.1. The third-order valence-corrected chi connectivity index (χ3v) is 1.29. The fraction of sp³-hybridized carbons (Fsp3) is 0.667. The molecule has 0 unspecified atom stereocenters. The first-order chi connectivity index (χ1) is 4.06. The van der Waals surface area contributed by atoms with Gasteiger partial charge in [0.25, 0.3) is 6.47 Å². The van der Waals surface area contributed by atoms with Crippen LogP contribution < -0.4 is 5.14 Å². The van der Waals surface area contributed by atoms with Gasteiger partial charge in [-0.2, -0.15) is 0 Å². The van der Waals surface area contributed by atoms with Crippen LogP contribution in [0.4, 0.5) is 0 Å². The predicted molar refractivity (Wildman–Crippen MR) is 30.0 cm³/mol. The molecule has 0 amide bonds. The molecule has 0 spiro atoms. The third kappa shape index (κ3) is 7.38. The number of carbonyl (C=O) groups is 1. The van der Waals surface area contributed by atoms with Gasteiger partial charge < -0.3 is 4.74 Å². The van der Waals surface area contributed by atoms with E-state index < -0.39 is 10.0 Å². The van der Waals surface area contributed by atoms with E-state index in [9.17, 15) is 13.2 Å². The molecule has 0 aliphatic heterocycles. The molecule has 0 bridgehead atoms. The lowest BCUT2D eigenvalue weighted by atomic mass is 10.9. The van der Waals surface area contributed by atoms with Gasteiger partial charge in [0, 0.05) is 0 Å². The lowest BCUT2D eigenvalue weighted by molar-refractivity contribution is -0.128. The highest BCUT2D eigenvalue weighted by atomic mass is 32.2. The average molecular weight is 153 g/mol. The minimum atomic E-state index is -3.48. The Labute approximate surface area is 52.8 Å². The zero-order chi connectivity index (χ0) is 7.33. The van der Waals surface area contributed by atoms with Gasteiger partial charge in [-0.3, -0.25) is 4.79 Å². The molecule has 0 atom stereocenters. The van der Waals surface area contributed by atoms with Crippen LogP contribution in [0, 0.1) is 0 Å². The van der Waals surface area contributed by atoms with Crippen LogP contribution in [0.1, 0.15) is 0 Å². The largest absolute Gasteiger partial charge is 0.467 e. The lowest BCUT2D eigenvalue weighted by Crippen LogP contribution is -2.19. The Balaban J connectivity index is 3.40. The second kappa shape index (κ2) is 3.41. The SMILES string of the molecule is NS(=O)(=O)CCOC=O. The van der Waals surface area contributed by atoms with E-state index in [4.69, 9.17) is 0 Å². The van der Waals surface area contributed by atoms with Crippen molar-refractivity contribution in [2.24, 2.45) is 5.14 Å². The summed E-state index contributed by atoms with van der Waals surface area (Å²) < 4.78 is 24.2. The lowest BCUT2D eigenvalue weighted by Gasteiger charge is -1.93. The average Bonchev–Trinajstić information content (AvgIpc) is 1.63. The summed E-state index contributed by atoms with van der Waals surface area (Å²) in [5.74, 6) is -0.328. The van der Waals surface area contributed by atoms with Gasteiger partial charge in [0.05, 0.1) is 5.75 Å². The minimum Gasteiger partial charge on any atom is -0.467 e. The molecule has 0 radical (unpaired) electrons. The zero-order valence-electron chi connectivity index (χ0n) is 4.61. The summed E-state index contributed by atoms with van der Waals surface area (Å²) in [4.78, 5) is 9.43. The van der Waals surface area contributed by atoms with Crippen LogP contribution in [0.5, 0.6) is 0 Å². The van der Waals surface area contributed by atoms with Gasteiger partial charge in [-0.15, -0.1) is 0 Å². The van der Waals surface area contributed by atoms with E-state index in [0.29, 0.717) is 0 Å². The summed E-state index contributed by atoms with van der Waals surface area (Å²) in [6.07, 6.45) is 0. The fourth-order valence-corrected chi connectivity index (χ4v) is 0.541. The smallest absolute Gasteiger partial charge is 0.293 e. The van der Waals surface area contributed by atoms with Crippen LogP contribution in [0.25, 0.3) is 0 Å². The maximum Gasteiger partial charge on any atom is 0.293 e. The van der Waals surface area contributed by atoms with Crippen LogP contribution in [0.2, 0.25) is 0 Å². The van der Waals surface area contributed by atoms with Crippen LogP contribution in [0.3, 0.4) is 0 Å². The molecule has 0 fully saturated rings. The summed E-state index contributed by atoms with van der Waals surface area (Å²) in [6, 6.07) is 0. The maximum absolute atomic E-state index is 10.1. The second-order valence-electron chi connectivity index (χ2n) is 1.33. The van der Waals surface area contributed by atoms with Crippen molar-refractivity contribution in [3.8, 4) is 0 Å². The number of nitrogens with two attached hydrogens (primary N) is 1.